The van der Waals surface area contributed by atoms with E-state index in [1.807, 2.05) is 54.6 Å². The molecule has 276 valence electrons. The fourth-order valence-electron chi connectivity index (χ4n) is 8.24. The number of rotatable bonds is 7. The maximum absolute atomic E-state index is 6.18. The fourth-order valence-corrected chi connectivity index (χ4v) is 8.24. The van der Waals surface area contributed by atoms with Gasteiger partial charge in [-0.3, -0.25) is 0 Å². The standard InChI is InChI=1S/C55H35N3O/c1-3-13-37(14-4-1)43-17-7-10-21-50(43)55-57-53(40-15-5-2-6-16-40)56-54(58-55)41-29-27-39(28-30-41)45-34-33-44(46-18-8-9-19-47(45)46)38-25-23-36(24-26-38)42-31-32-49-48-20-11-12-22-51(48)59-52(49)35-42/h1-35H. The number of aromatic nitrogens is 3. The van der Waals surface area contributed by atoms with Gasteiger partial charge < -0.3 is 4.42 Å². The Labute approximate surface area is 341 Å². The summed E-state index contributed by atoms with van der Waals surface area (Å²) in [5.74, 6) is 1.91. The van der Waals surface area contributed by atoms with Crippen LogP contribution in [-0.2, 0) is 0 Å². The van der Waals surface area contributed by atoms with E-state index in [2.05, 4.69) is 158 Å². The molecule has 9 aromatic carbocycles. The Bertz CT molecular complexity index is 3300. The minimum atomic E-state index is 0.629. The van der Waals surface area contributed by atoms with Crippen molar-refractivity contribution in [1.82, 2.24) is 15.0 Å². The van der Waals surface area contributed by atoms with Crippen LogP contribution in [0, 0.1) is 0 Å². The van der Waals surface area contributed by atoms with Gasteiger partial charge in [0.15, 0.2) is 17.5 Å². The summed E-state index contributed by atoms with van der Waals surface area (Å²) in [7, 11) is 0. The van der Waals surface area contributed by atoms with Gasteiger partial charge in [0.1, 0.15) is 11.2 Å². The molecule has 2 aromatic heterocycles. The summed E-state index contributed by atoms with van der Waals surface area (Å²) in [6.45, 7) is 0. The zero-order valence-corrected chi connectivity index (χ0v) is 32.0. The van der Waals surface area contributed by atoms with Crippen molar-refractivity contribution in [2.75, 3.05) is 0 Å². The van der Waals surface area contributed by atoms with Gasteiger partial charge in [0.05, 0.1) is 0 Å². The van der Waals surface area contributed by atoms with Gasteiger partial charge in [0, 0.05) is 27.5 Å². The van der Waals surface area contributed by atoms with Crippen molar-refractivity contribution in [1.29, 1.82) is 0 Å². The SMILES string of the molecule is c1ccc(-c2nc(-c3ccc(-c4ccc(-c5ccc(-c6ccc7c(c6)oc6ccccc67)cc5)c5ccccc45)cc3)nc(-c3ccccc3-c3ccccc3)n2)cc1. The summed E-state index contributed by atoms with van der Waals surface area (Å²) in [6, 6.07) is 74.1. The van der Waals surface area contributed by atoms with Crippen LogP contribution in [0.25, 0.3) is 111 Å². The molecule has 4 nitrogen and oxygen atoms in total. The van der Waals surface area contributed by atoms with Crippen molar-refractivity contribution in [3.8, 4) is 78.7 Å². The maximum Gasteiger partial charge on any atom is 0.164 e. The highest BCUT2D eigenvalue weighted by Gasteiger charge is 2.17. The number of para-hydroxylation sites is 1. The number of hydrogen-bond donors (Lipinski definition) is 0. The number of nitrogens with zero attached hydrogens (tertiary/aromatic N) is 3. The lowest BCUT2D eigenvalue weighted by Crippen LogP contribution is -2.01. The first-order valence-electron chi connectivity index (χ1n) is 19.8. The van der Waals surface area contributed by atoms with Crippen molar-refractivity contribution in [2.24, 2.45) is 0 Å². The van der Waals surface area contributed by atoms with Gasteiger partial charge >= 0.3 is 0 Å². The molecule has 0 unspecified atom stereocenters. The van der Waals surface area contributed by atoms with Crippen molar-refractivity contribution < 1.29 is 4.42 Å². The Hall–Kier alpha value is -7.95. The lowest BCUT2D eigenvalue weighted by Gasteiger charge is -2.14. The average Bonchev–Trinajstić information content (AvgIpc) is 3.70. The van der Waals surface area contributed by atoms with Crippen LogP contribution >= 0.6 is 0 Å². The normalized spacial score (nSPS) is 11.4. The van der Waals surface area contributed by atoms with Crippen LogP contribution in [0.2, 0.25) is 0 Å². The van der Waals surface area contributed by atoms with Gasteiger partial charge in [-0.25, -0.2) is 15.0 Å². The van der Waals surface area contributed by atoms with Gasteiger partial charge in [-0.2, -0.15) is 0 Å². The summed E-state index contributed by atoms with van der Waals surface area (Å²) in [4.78, 5) is 15.2. The number of fused-ring (bicyclic) bond motifs is 4. The van der Waals surface area contributed by atoms with Crippen molar-refractivity contribution in [3.63, 3.8) is 0 Å². The molecule has 0 saturated carbocycles. The first-order chi connectivity index (χ1) is 29.2. The molecule has 11 rings (SSSR count). The highest BCUT2D eigenvalue weighted by atomic mass is 16.3. The van der Waals surface area contributed by atoms with Gasteiger partial charge in [0.2, 0.25) is 0 Å². The van der Waals surface area contributed by atoms with Gasteiger partial charge in [-0.05, 0) is 73.5 Å². The van der Waals surface area contributed by atoms with Crippen LogP contribution in [0.4, 0.5) is 0 Å². The van der Waals surface area contributed by atoms with Gasteiger partial charge in [-0.15, -0.1) is 0 Å². The van der Waals surface area contributed by atoms with Crippen molar-refractivity contribution >= 4 is 32.7 Å². The number of furan rings is 1. The highest BCUT2D eigenvalue weighted by Crippen LogP contribution is 2.39. The summed E-state index contributed by atoms with van der Waals surface area (Å²) in [5.41, 5.74) is 13.8. The lowest BCUT2D eigenvalue weighted by molar-refractivity contribution is 0.669. The molecule has 59 heavy (non-hydrogen) atoms. The number of hydrogen-bond acceptors (Lipinski definition) is 4. The van der Waals surface area contributed by atoms with Crippen LogP contribution in [0.5, 0.6) is 0 Å². The highest BCUT2D eigenvalue weighted by molar-refractivity contribution is 6.07. The Morgan fingerprint density at radius 3 is 1.31 bits per heavy atom. The van der Waals surface area contributed by atoms with Crippen LogP contribution in [0.15, 0.2) is 217 Å². The second kappa shape index (κ2) is 14.5. The van der Waals surface area contributed by atoms with E-state index in [-0.39, 0.29) is 0 Å². The smallest absolute Gasteiger partial charge is 0.164 e. The molecule has 0 bridgehead atoms. The molecule has 0 N–H and O–H groups in total. The summed E-state index contributed by atoms with van der Waals surface area (Å²) in [6.07, 6.45) is 0. The van der Waals surface area contributed by atoms with E-state index in [0.717, 1.165) is 66.4 Å². The predicted molar refractivity (Wildman–Crippen MR) is 243 cm³/mol. The Kier molecular flexibility index (Phi) is 8.45. The zero-order chi connectivity index (χ0) is 39.1. The monoisotopic (exact) mass is 753 g/mol. The second-order valence-electron chi connectivity index (χ2n) is 14.8. The minimum Gasteiger partial charge on any atom is -0.456 e. The van der Waals surface area contributed by atoms with Crippen molar-refractivity contribution in [3.05, 3.63) is 212 Å². The summed E-state index contributed by atoms with van der Waals surface area (Å²) < 4.78 is 6.18. The summed E-state index contributed by atoms with van der Waals surface area (Å²) >= 11 is 0. The molecule has 2 heterocycles. The van der Waals surface area contributed by atoms with Gasteiger partial charge in [-0.1, -0.05) is 194 Å². The minimum absolute atomic E-state index is 0.629. The third-order valence-corrected chi connectivity index (χ3v) is 11.2. The Morgan fingerprint density at radius 2 is 0.661 bits per heavy atom. The largest absolute Gasteiger partial charge is 0.456 e. The fraction of sp³-hybridized carbons (Fsp3) is 0. The summed E-state index contributed by atoms with van der Waals surface area (Å²) in [5, 5.41) is 4.69. The van der Waals surface area contributed by atoms with E-state index in [1.54, 1.807) is 0 Å². The van der Waals surface area contributed by atoms with Crippen LogP contribution in [-0.4, -0.2) is 15.0 Å². The Balaban J connectivity index is 0.933. The third kappa shape index (κ3) is 6.34. The first-order valence-corrected chi connectivity index (χ1v) is 19.8. The molecule has 0 aliphatic carbocycles. The molecule has 0 radical (unpaired) electrons. The van der Waals surface area contributed by atoms with E-state index in [4.69, 9.17) is 19.4 Å². The molecule has 0 fully saturated rings. The third-order valence-electron chi connectivity index (χ3n) is 11.2. The lowest BCUT2D eigenvalue weighted by atomic mass is 9.91. The zero-order valence-electron chi connectivity index (χ0n) is 32.0. The van der Waals surface area contributed by atoms with Crippen LogP contribution in [0.3, 0.4) is 0 Å². The molecule has 11 aromatic rings. The van der Waals surface area contributed by atoms with Gasteiger partial charge in [0.25, 0.3) is 0 Å². The van der Waals surface area contributed by atoms with E-state index in [9.17, 15) is 0 Å². The Morgan fingerprint density at radius 1 is 0.237 bits per heavy atom. The van der Waals surface area contributed by atoms with E-state index < -0.39 is 0 Å². The number of benzene rings is 9. The quantitative estimate of drug-likeness (QED) is 0.163. The molecular weight excluding hydrogens is 719 g/mol. The average molecular weight is 754 g/mol. The molecule has 0 atom stereocenters. The second-order valence-corrected chi connectivity index (χ2v) is 14.8. The molecule has 0 aliphatic rings. The van der Waals surface area contributed by atoms with Crippen molar-refractivity contribution in [2.45, 2.75) is 0 Å². The first kappa shape index (κ1) is 34.3. The van der Waals surface area contributed by atoms with E-state index in [0.29, 0.717) is 17.5 Å². The molecule has 0 amide bonds. The molecular formula is C55H35N3O. The maximum atomic E-state index is 6.18. The van der Waals surface area contributed by atoms with Crippen LogP contribution in [0.1, 0.15) is 0 Å². The van der Waals surface area contributed by atoms with E-state index >= 15 is 0 Å². The topological polar surface area (TPSA) is 51.8 Å². The predicted octanol–water partition coefficient (Wildman–Crippen LogP) is 14.6. The molecule has 0 aliphatic heterocycles. The van der Waals surface area contributed by atoms with E-state index in [1.165, 1.54) is 27.5 Å². The van der Waals surface area contributed by atoms with Crippen LogP contribution < -0.4 is 0 Å². The molecule has 4 heteroatoms. The molecule has 0 spiro atoms. The molecule has 0 saturated heterocycles.